The Morgan fingerprint density at radius 3 is 2.62 bits per heavy atom. The second-order valence-corrected chi connectivity index (χ2v) is 8.83. The molecule has 3 N–H and O–H groups in total. The summed E-state index contributed by atoms with van der Waals surface area (Å²) in [6.45, 7) is 9.39. The second-order valence-electron chi connectivity index (χ2n) is 8.83. The van der Waals surface area contributed by atoms with Crippen LogP contribution in [0.5, 0.6) is 0 Å². The number of esters is 1. The summed E-state index contributed by atoms with van der Waals surface area (Å²) in [6, 6.07) is 7.52. The zero-order valence-corrected chi connectivity index (χ0v) is 17.9. The lowest BCUT2D eigenvalue weighted by Gasteiger charge is -2.30. The van der Waals surface area contributed by atoms with E-state index in [1.165, 1.54) is 7.41 Å². The average molecular weight is 399 g/mol. The molecule has 0 saturated carbocycles. The van der Waals surface area contributed by atoms with Gasteiger partial charge in [-0.05, 0) is 51.2 Å². The highest BCUT2D eigenvalue weighted by Gasteiger charge is 2.32. The van der Waals surface area contributed by atoms with Gasteiger partial charge in [0.2, 0.25) is 0 Å². The highest BCUT2D eigenvalue weighted by molar-refractivity contribution is 6.64. The number of hydrogen-bond acceptors (Lipinski definition) is 5. The average Bonchev–Trinajstić information content (AvgIpc) is 3.04. The maximum atomic E-state index is 12.6. The van der Waals surface area contributed by atoms with Crippen LogP contribution >= 0.6 is 0 Å². The van der Waals surface area contributed by atoms with Crippen molar-refractivity contribution in [3.63, 3.8) is 0 Å². The minimum Gasteiger partial charge on any atom is -0.460 e. The van der Waals surface area contributed by atoms with Crippen molar-refractivity contribution >= 4 is 30.5 Å². The van der Waals surface area contributed by atoms with Gasteiger partial charge in [0.15, 0.2) is 0 Å². The van der Waals surface area contributed by atoms with E-state index in [4.69, 9.17) is 4.74 Å². The van der Waals surface area contributed by atoms with Crippen molar-refractivity contribution in [3.8, 4) is 0 Å². The first-order valence-electron chi connectivity index (χ1n) is 10.1. The number of benzene rings is 1. The van der Waals surface area contributed by atoms with Crippen LogP contribution in [0.1, 0.15) is 46.6 Å². The van der Waals surface area contributed by atoms with Gasteiger partial charge in [-0.15, -0.1) is 0 Å². The number of ether oxygens (including phenoxy) is 1. The van der Waals surface area contributed by atoms with E-state index in [9.17, 15) is 14.7 Å². The first-order chi connectivity index (χ1) is 13.6. The fraction of sp³-hybridized carbons (Fsp3) is 0.545. The normalized spacial score (nSPS) is 15.1. The van der Waals surface area contributed by atoms with Crippen LogP contribution in [0.15, 0.2) is 30.5 Å². The van der Waals surface area contributed by atoms with E-state index in [0.717, 1.165) is 16.5 Å². The highest BCUT2D eigenvalue weighted by atomic mass is 16.6. The van der Waals surface area contributed by atoms with E-state index in [1.807, 2.05) is 65.1 Å². The lowest BCUT2D eigenvalue weighted by atomic mass is 9.84. The van der Waals surface area contributed by atoms with Crippen molar-refractivity contribution in [3.05, 3.63) is 36.0 Å². The van der Waals surface area contributed by atoms with Crippen molar-refractivity contribution in [1.29, 1.82) is 0 Å². The van der Waals surface area contributed by atoms with Gasteiger partial charge in [-0.3, -0.25) is 4.79 Å². The Kier molecular flexibility index (Phi) is 8.05. The number of aliphatic hydroxyl groups is 1. The van der Waals surface area contributed by atoms with Gasteiger partial charge in [0.25, 0.3) is 7.41 Å². The molecule has 1 heterocycles. The van der Waals surface area contributed by atoms with Crippen LogP contribution < -0.4 is 5.23 Å². The third kappa shape index (κ3) is 6.72. The molecule has 0 aliphatic carbocycles. The van der Waals surface area contributed by atoms with Crippen molar-refractivity contribution in [2.24, 2.45) is 11.8 Å². The molecule has 0 amide bonds. The molecule has 2 rings (SSSR count). The molecule has 1 aromatic heterocycles. The van der Waals surface area contributed by atoms with Crippen LogP contribution in [-0.2, 0) is 20.7 Å². The highest BCUT2D eigenvalue weighted by Crippen LogP contribution is 2.25. The summed E-state index contributed by atoms with van der Waals surface area (Å²) in [5, 5.41) is 15.0. The number of rotatable bonds is 10. The second kappa shape index (κ2) is 10.1. The molecule has 1 radical (unpaired) electrons. The van der Waals surface area contributed by atoms with Crippen LogP contribution in [0.25, 0.3) is 10.9 Å². The number of para-hydroxylation sites is 1. The van der Waals surface area contributed by atoms with E-state index in [1.54, 1.807) is 0 Å². The fourth-order valence-corrected chi connectivity index (χ4v) is 3.45. The smallest absolute Gasteiger partial charge is 0.309 e. The molecular weight excluding hydrogens is 367 g/mol. The number of H-pyrrole nitrogens is 1. The van der Waals surface area contributed by atoms with Gasteiger partial charge >= 0.3 is 5.97 Å². The maximum Gasteiger partial charge on any atom is 0.309 e. The Hall–Kier alpha value is -2.12. The van der Waals surface area contributed by atoms with E-state index >= 15 is 0 Å². The molecule has 6 nitrogen and oxygen atoms in total. The number of nitrogens with one attached hydrogen (secondary N) is 2. The number of fused-ring (bicyclic) bond motifs is 1. The number of carbonyl (C=O) groups is 2. The molecule has 0 bridgehead atoms. The van der Waals surface area contributed by atoms with E-state index in [2.05, 4.69) is 10.2 Å². The molecule has 1 aromatic carbocycles. The molecule has 3 atom stereocenters. The largest absolute Gasteiger partial charge is 0.460 e. The molecule has 0 spiro atoms. The third-order valence-electron chi connectivity index (χ3n) is 4.97. The molecule has 0 aliphatic rings. The zero-order valence-electron chi connectivity index (χ0n) is 17.9. The Bertz CT molecular complexity index is 812. The maximum absolute atomic E-state index is 12.6. The quantitative estimate of drug-likeness (QED) is 0.325. The summed E-state index contributed by atoms with van der Waals surface area (Å²) >= 11 is 0. The van der Waals surface area contributed by atoms with Crippen molar-refractivity contribution in [2.45, 2.75) is 65.2 Å². The fourth-order valence-electron chi connectivity index (χ4n) is 3.45. The Labute approximate surface area is 173 Å². The predicted molar refractivity (Wildman–Crippen MR) is 116 cm³/mol. The molecule has 7 heteroatoms. The molecule has 157 valence electrons. The van der Waals surface area contributed by atoms with Gasteiger partial charge in [0.1, 0.15) is 5.60 Å². The zero-order chi connectivity index (χ0) is 21.6. The number of hydrogen-bond donors (Lipinski definition) is 3. The minimum absolute atomic E-state index is 0.0169. The summed E-state index contributed by atoms with van der Waals surface area (Å²) < 4.78 is 5.55. The molecule has 0 saturated heterocycles. The lowest BCUT2D eigenvalue weighted by Crippen LogP contribution is -2.46. The number of aromatic nitrogens is 1. The van der Waals surface area contributed by atoms with Crippen molar-refractivity contribution < 1.29 is 19.4 Å². The summed E-state index contributed by atoms with van der Waals surface area (Å²) in [4.78, 5) is 26.7. The third-order valence-corrected chi connectivity index (χ3v) is 4.97. The number of carbonyl (C=O) groups excluding carboxylic acids is 2. The van der Waals surface area contributed by atoms with E-state index < -0.39 is 23.7 Å². The minimum atomic E-state index is -0.834. The Balaban J connectivity index is 2.17. The molecular formula is C22H32BN2O4. The molecule has 0 fully saturated rings. The summed E-state index contributed by atoms with van der Waals surface area (Å²) in [6.07, 6.45) is 2.50. The van der Waals surface area contributed by atoms with Gasteiger partial charge in [-0.25, -0.2) is 0 Å². The Morgan fingerprint density at radius 2 is 2.00 bits per heavy atom. The first kappa shape index (κ1) is 23.2. The predicted octanol–water partition coefficient (Wildman–Crippen LogP) is 2.84. The Morgan fingerprint density at radius 1 is 1.31 bits per heavy atom. The van der Waals surface area contributed by atoms with Gasteiger partial charge in [-0.2, -0.15) is 0 Å². The topological polar surface area (TPSA) is 91.4 Å². The molecule has 0 aliphatic heterocycles. The molecule has 1 unspecified atom stereocenters. The summed E-state index contributed by atoms with van der Waals surface area (Å²) in [5.41, 5.74) is 1.47. The van der Waals surface area contributed by atoms with Crippen LogP contribution in [0, 0.1) is 11.8 Å². The standard InChI is InChI=1S/C22H32BN2O4/c1-14(2)17(21(28)29-22(3,4)5)11-20(27)19(25-23-13-26)10-15-12-24-18-9-7-6-8-16(15)18/h6-9,12-14,17,19-20,24-25,27H,10-11H2,1-5H3/t17?,19-,20-/m0/s1. The van der Waals surface area contributed by atoms with Crippen LogP contribution in [-0.4, -0.2) is 47.4 Å². The lowest BCUT2D eigenvalue weighted by molar-refractivity contribution is -0.163. The van der Waals surface area contributed by atoms with Gasteiger partial charge < -0.3 is 24.8 Å². The van der Waals surface area contributed by atoms with Gasteiger partial charge in [0.05, 0.1) is 18.2 Å². The van der Waals surface area contributed by atoms with Crippen molar-refractivity contribution in [1.82, 2.24) is 10.2 Å². The van der Waals surface area contributed by atoms with Crippen LogP contribution in [0.2, 0.25) is 0 Å². The summed E-state index contributed by atoms with van der Waals surface area (Å²) in [5.74, 6) is -0.729. The van der Waals surface area contributed by atoms with Gasteiger partial charge in [-0.1, -0.05) is 32.0 Å². The number of aliphatic hydroxyl groups excluding tert-OH is 1. The van der Waals surface area contributed by atoms with E-state index in [-0.39, 0.29) is 18.3 Å². The van der Waals surface area contributed by atoms with Crippen LogP contribution in [0.4, 0.5) is 0 Å². The van der Waals surface area contributed by atoms with Crippen molar-refractivity contribution in [2.75, 3.05) is 0 Å². The SMILES string of the molecule is CC(C)C(C[C@H](O)[C@H](Cc1c[nH]c2ccccc12)N[B]C=O)C(=O)OC(C)(C)C. The summed E-state index contributed by atoms with van der Waals surface area (Å²) in [7, 11) is 1.29. The number of aromatic amines is 1. The van der Waals surface area contributed by atoms with E-state index in [0.29, 0.717) is 12.6 Å². The molecule has 29 heavy (non-hydrogen) atoms. The first-order valence-corrected chi connectivity index (χ1v) is 10.1. The van der Waals surface area contributed by atoms with Gasteiger partial charge in [0, 0.05) is 23.1 Å². The molecule has 2 aromatic rings. The van der Waals surface area contributed by atoms with Crippen LogP contribution in [0.3, 0.4) is 0 Å². The monoisotopic (exact) mass is 399 g/mol.